The number of carbonyl (C=O) groups is 1. The normalized spacial score (nSPS) is 16.9. The minimum Gasteiger partial charge on any atom is -0.489 e. The highest BCUT2D eigenvalue weighted by molar-refractivity contribution is 5.70. The predicted molar refractivity (Wildman–Crippen MR) is 151 cm³/mol. The van der Waals surface area contributed by atoms with Crippen LogP contribution in [0.2, 0.25) is 0 Å². The van der Waals surface area contributed by atoms with Crippen LogP contribution < -0.4 is 9.47 Å². The molecule has 7 heteroatoms. The predicted octanol–water partition coefficient (Wildman–Crippen LogP) is 8.04. The molecular weight excluding hydrogens is 512 g/mol. The van der Waals surface area contributed by atoms with Gasteiger partial charge in [-0.15, -0.1) is 0 Å². The zero-order chi connectivity index (χ0) is 28.9. The van der Waals surface area contributed by atoms with Crippen LogP contribution in [0, 0.1) is 23.0 Å². The molecule has 1 aliphatic carbocycles. The number of hydrogen-bond acceptors (Lipinski definition) is 5. The van der Waals surface area contributed by atoms with Crippen LogP contribution in [0.4, 0.5) is 8.78 Å². The summed E-state index contributed by atoms with van der Waals surface area (Å²) in [6.45, 7) is 6.53. The first kappa shape index (κ1) is 29.5. The number of rotatable bonds is 11. The Labute approximate surface area is 235 Å². The van der Waals surface area contributed by atoms with Gasteiger partial charge in [0.05, 0.1) is 20.4 Å². The fraction of sp³-hybridized carbons (Fsp3) is 0.455. The molecule has 5 nitrogen and oxygen atoms in total. The van der Waals surface area contributed by atoms with Gasteiger partial charge in [-0.05, 0) is 83.9 Å². The van der Waals surface area contributed by atoms with Crippen molar-refractivity contribution in [2.24, 2.45) is 11.3 Å². The Bertz CT molecular complexity index is 1320. The van der Waals surface area contributed by atoms with E-state index < -0.39 is 11.6 Å². The van der Waals surface area contributed by atoms with Gasteiger partial charge >= 0.3 is 5.97 Å². The summed E-state index contributed by atoms with van der Waals surface area (Å²) >= 11 is 0. The summed E-state index contributed by atoms with van der Waals surface area (Å²) < 4.78 is 46.4. The summed E-state index contributed by atoms with van der Waals surface area (Å²) in [4.78, 5) is 15.4. The Balaban J connectivity index is 1.54. The van der Waals surface area contributed by atoms with Gasteiger partial charge in [0, 0.05) is 23.6 Å². The molecule has 1 heterocycles. The first-order valence-electron chi connectivity index (χ1n) is 13.9. The summed E-state index contributed by atoms with van der Waals surface area (Å²) in [7, 11) is 2.88. The largest absolute Gasteiger partial charge is 0.489 e. The zero-order valence-corrected chi connectivity index (χ0v) is 24.1. The highest BCUT2D eigenvalue weighted by Crippen LogP contribution is 2.51. The number of aromatic nitrogens is 1. The molecule has 2 atom stereocenters. The third kappa shape index (κ3) is 6.98. The molecule has 1 aromatic heterocycles. The third-order valence-electron chi connectivity index (χ3n) is 8.17. The zero-order valence-electron chi connectivity index (χ0n) is 24.1. The SMILES string of the molecule is COC(=O)C[C@@H](C)CCc1ccc(OCc2cc([C@@H]3CCCC3(C)C)c(-c3cc(OC)ncc3F)cc2F)cc1. The second-order valence-electron chi connectivity index (χ2n) is 11.5. The number of aryl methyl sites for hydroxylation is 1. The Morgan fingerprint density at radius 1 is 1.07 bits per heavy atom. The molecule has 1 aliphatic rings. The monoisotopic (exact) mass is 551 g/mol. The van der Waals surface area contributed by atoms with Crippen molar-refractivity contribution in [3.05, 3.63) is 77.0 Å². The molecule has 1 fully saturated rings. The number of pyridine rings is 1. The highest BCUT2D eigenvalue weighted by Gasteiger charge is 2.37. The summed E-state index contributed by atoms with van der Waals surface area (Å²) in [6, 6.07) is 12.6. The van der Waals surface area contributed by atoms with E-state index in [9.17, 15) is 9.18 Å². The van der Waals surface area contributed by atoms with E-state index in [0.717, 1.165) is 49.4 Å². The molecule has 3 aromatic rings. The molecular formula is C33H39F2NO4. The standard InChI is InChI=1S/C33H39F2NO4/c1-21(15-32(37)39-5)8-9-22-10-12-24(13-11-22)40-20-23-16-26(28-7-6-14-33(28,2)3)25(17-29(23)34)27-18-31(38-4)36-19-30(27)35/h10-13,16-19,21,28H,6-9,14-15,20H2,1-5H3/t21-,28-/m0/s1. The molecule has 0 amide bonds. The first-order valence-corrected chi connectivity index (χ1v) is 13.9. The van der Waals surface area contributed by atoms with Crippen molar-refractivity contribution in [1.29, 1.82) is 0 Å². The van der Waals surface area contributed by atoms with Crippen LogP contribution in [-0.4, -0.2) is 25.2 Å². The van der Waals surface area contributed by atoms with Crippen LogP contribution in [0.25, 0.3) is 11.1 Å². The molecule has 1 saturated carbocycles. The van der Waals surface area contributed by atoms with Crippen LogP contribution in [0.15, 0.2) is 48.7 Å². The molecule has 0 unspecified atom stereocenters. The van der Waals surface area contributed by atoms with Crippen molar-refractivity contribution in [2.45, 2.75) is 71.8 Å². The smallest absolute Gasteiger partial charge is 0.305 e. The fourth-order valence-corrected chi connectivity index (χ4v) is 5.71. The second kappa shape index (κ2) is 12.8. The lowest BCUT2D eigenvalue weighted by molar-refractivity contribution is -0.141. The molecule has 0 N–H and O–H groups in total. The molecule has 2 aromatic carbocycles. The number of esters is 1. The van der Waals surface area contributed by atoms with Gasteiger partial charge in [0.2, 0.25) is 5.88 Å². The average Bonchev–Trinajstić information content (AvgIpc) is 3.30. The lowest BCUT2D eigenvalue weighted by Crippen LogP contribution is -2.17. The quantitative estimate of drug-likeness (QED) is 0.226. The Morgan fingerprint density at radius 2 is 1.82 bits per heavy atom. The molecule has 0 aliphatic heterocycles. The molecule has 0 radical (unpaired) electrons. The van der Waals surface area contributed by atoms with Crippen molar-refractivity contribution in [3.63, 3.8) is 0 Å². The van der Waals surface area contributed by atoms with Crippen LogP contribution in [0.1, 0.15) is 75.5 Å². The molecule has 0 spiro atoms. The van der Waals surface area contributed by atoms with E-state index in [1.165, 1.54) is 26.4 Å². The van der Waals surface area contributed by atoms with Gasteiger partial charge in [-0.25, -0.2) is 13.8 Å². The van der Waals surface area contributed by atoms with Gasteiger partial charge in [0.1, 0.15) is 24.0 Å². The number of ether oxygens (including phenoxy) is 3. The summed E-state index contributed by atoms with van der Waals surface area (Å²) in [5, 5.41) is 0. The maximum absolute atomic E-state index is 15.5. The lowest BCUT2D eigenvalue weighted by Gasteiger charge is -2.30. The van der Waals surface area contributed by atoms with Crippen molar-refractivity contribution < 1.29 is 27.8 Å². The van der Waals surface area contributed by atoms with Crippen LogP contribution in [0.3, 0.4) is 0 Å². The van der Waals surface area contributed by atoms with Gasteiger partial charge in [0.15, 0.2) is 0 Å². The van der Waals surface area contributed by atoms with Crippen molar-refractivity contribution in [3.8, 4) is 22.8 Å². The number of nitrogens with zero attached hydrogens (tertiary/aromatic N) is 1. The second-order valence-corrected chi connectivity index (χ2v) is 11.5. The number of hydrogen-bond donors (Lipinski definition) is 0. The van der Waals surface area contributed by atoms with E-state index in [0.29, 0.717) is 23.3 Å². The van der Waals surface area contributed by atoms with Crippen molar-refractivity contribution in [1.82, 2.24) is 4.98 Å². The van der Waals surface area contributed by atoms with Gasteiger partial charge in [-0.3, -0.25) is 4.79 Å². The Kier molecular flexibility index (Phi) is 9.44. The van der Waals surface area contributed by atoms with Gasteiger partial charge in [0.25, 0.3) is 0 Å². The third-order valence-corrected chi connectivity index (χ3v) is 8.17. The number of methoxy groups -OCH3 is 2. The number of benzene rings is 2. The van der Waals surface area contributed by atoms with Crippen LogP contribution in [-0.2, 0) is 22.6 Å². The van der Waals surface area contributed by atoms with Gasteiger partial charge in [-0.1, -0.05) is 39.3 Å². The van der Waals surface area contributed by atoms with E-state index in [1.807, 2.05) is 37.3 Å². The minimum absolute atomic E-state index is 0.00246. The van der Waals surface area contributed by atoms with E-state index in [-0.39, 0.29) is 41.3 Å². The Hall–Kier alpha value is -3.48. The van der Waals surface area contributed by atoms with Crippen LogP contribution in [0.5, 0.6) is 11.6 Å². The summed E-state index contributed by atoms with van der Waals surface area (Å²) in [5.41, 5.74) is 3.31. The highest BCUT2D eigenvalue weighted by atomic mass is 19.1. The molecule has 4 rings (SSSR count). The maximum atomic E-state index is 15.5. The average molecular weight is 552 g/mol. The van der Waals surface area contributed by atoms with Gasteiger partial charge < -0.3 is 14.2 Å². The minimum atomic E-state index is -0.513. The van der Waals surface area contributed by atoms with E-state index in [1.54, 1.807) is 0 Å². The first-order chi connectivity index (χ1) is 19.1. The van der Waals surface area contributed by atoms with E-state index >= 15 is 4.39 Å². The van der Waals surface area contributed by atoms with E-state index in [4.69, 9.17) is 14.2 Å². The van der Waals surface area contributed by atoms with Crippen molar-refractivity contribution >= 4 is 5.97 Å². The van der Waals surface area contributed by atoms with Gasteiger partial charge in [-0.2, -0.15) is 0 Å². The van der Waals surface area contributed by atoms with E-state index in [2.05, 4.69) is 18.8 Å². The molecule has 0 saturated heterocycles. The Morgan fingerprint density at radius 3 is 2.48 bits per heavy atom. The summed E-state index contributed by atoms with van der Waals surface area (Å²) in [5.74, 6) is 0.157. The topological polar surface area (TPSA) is 57.7 Å². The van der Waals surface area contributed by atoms with Crippen molar-refractivity contribution in [2.75, 3.05) is 14.2 Å². The molecule has 214 valence electrons. The fourth-order valence-electron chi connectivity index (χ4n) is 5.71. The van der Waals surface area contributed by atoms with Crippen LogP contribution >= 0.6 is 0 Å². The lowest BCUT2D eigenvalue weighted by atomic mass is 9.75. The summed E-state index contributed by atoms with van der Waals surface area (Å²) in [6.07, 6.45) is 6.31. The number of halogens is 2. The number of carbonyl (C=O) groups excluding carboxylic acids is 1. The maximum Gasteiger partial charge on any atom is 0.305 e. The molecule has 0 bridgehead atoms. The molecule has 40 heavy (non-hydrogen) atoms.